The van der Waals surface area contributed by atoms with Crippen LogP contribution in [0.4, 0.5) is 5.95 Å². The van der Waals surface area contributed by atoms with E-state index < -0.39 is 0 Å². The topological polar surface area (TPSA) is 42.7 Å². The molecule has 1 aromatic heterocycles. The van der Waals surface area contributed by atoms with E-state index in [9.17, 15) is 0 Å². The number of anilines is 1. The van der Waals surface area contributed by atoms with Gasteiger partial charge in [-0.15, -0.1) is 0 Å². The Labute approximate surface area is 140 Å². The molecule has 0 aliphatic carbocycles. The first-order valence-corrected chi connectivity index (χ1v) is 8.06. The maximum absolute atomic E-state index is 6.01. The fourth-order valence-electron chi connectivity index (χ4n) is 3.10. The molecule has 0 fully saturated rings. The highest BCUT2D eigenvalue weighted by atomic mass is 35.5. The second-order valence-corrected chi connectivity index (χ2v) is 6.38. The van der Waals surface area contributed by atoms with Crippen LogP contribution in [0.3, 0.4) is 0 Å². The highest BCUT2D eigenvalue weighted by Crippen LogP contribution is 2.37. The molecule has 4 rings (SSSR count). The van der Waals surface area contributed by atoms with Gasteiger partial charge in [0.05, 0.1) is 12.1 Å². The molecular formula is C18H17ClN4. The average molecular weight is 325 g/mol. The number of nitrogens with one attached hydrogen (secondary N) is 1. The van der Waals surface area contributed by atoms with Crippen molar-refractivity contribution < 1.29 is 0 Å². The summed E-state index contributed by atoms with van der Waals surface area (Å²) >= 11 is 6.01. The second kappa shape index (κ2) is 5.70. The van der Waals surface area contributed by atoms with Gasteiger partial charge in [-0.3, -0.25) is 0 Å². The van der Waals surface area contributed by atoms with Crippen molar-refractivity contribution >= 4 is 17.5 Å². The third-order valence-corrected chi connectivity index (χ3v) is 4.62. The molecular weight excluding hydrogens is 308 g/mol. The van der Waals surface area contributed by atoms with E-state index in [2.05, 4.69) is 58.7 Å². The van der Waals surface area contributed by atoms with Gasteiger partial charge in [0.25, 0.3) is 0 Å². The van der Waals surface area contributed by atoms with Crippen molar-refractivity contribution in [3.8, 4) is 0 Å². The molecule has 2 atom stereocenters. The van der Waals surface area contributed by atoms with Crippen LogP contribution in [0.15, 0.2) is 54.9 Å². The van der Waals surface area contributed by atoms with Crippen molar-refractivity contribution in [2.75, 3.05) is 5.32 Å². The van der Waals surface area contributed by atoms with Gasteiger partial charge in [0, 0.05) is 5.02 Å². The Morgan fingerprint density at radius 2 is 1.74 bits per heavy atom. The minimum Gasteiger partial charge on any atom is -0.348 e. The molecule has 0 unspecified atom stereocenters. The Balaban J connectivity index is 1.71. The quantitative estimate of drug-likeness (QED) is 0.760. The predicted molar refractivity (Wildman–Crippen MR) is 91.8 cm³/mol. The molecule has 1 N–H and O–H groups in total. The Hall–Kier alpha value is -2.33. The Morgan fingerprint density at radius 1 is 1.04 bits per heavy atom. The lowest BCUT2D eigenvalue weighted by Crippen LogP contribution is -2.28. The van der Waals surface area contributed by atoms with E-state index in [0.29, 0.717) is 0 Å². The molecule has 23 heavy (non-hydrogen) atoms. The number of hydrogen-bond acceptors (Lipinski definition) is 3. The van der Waals surface area contributed by atoms with Crippen molar-refractivity contribution in [3.63, 3.8) is 0 Å². The SMILES string of the molecule is Cc1ccc([C@@H]2C[C@@H](c3ccc(Cl)cc3)Nc3ncnn32)cc1. The zero-order chi connectivity index (χ0) is 15.8. The number of fused-ring (bicyclic) bond motifs is 1. The van der Waals surface area contributed by atoms with Crippen molar-refractivity contribution in [1.82, 2.24) is 14.8 Å². The lowest BCUT2D eigenvalue weighted by Gasteiger charge is -2.31. The molecule has 116 valence electrons. The molecule has 4 nitrogen and oxygen atoms in total. The smallest absolute Gasteiger partial charge is 0.222 e. The molecule has 3 aromatic rings. The Morgan fingerprint density at radius 3 is 2.48 bits per heavy atom. The summed E-state index contributed by atoms with van der Waals surface area (Å²) in [5, 5.41) is 8.62. The van der Waals surface area contributed by atoms with Crippen molar-refractivity contribution in [2.45, 2.75) is 25.4 Å². The fourth-order valence-corrected chi connectivity index (χ4v) is 3.23. The fraction of sp³-hybridized carbons (Fsp3) is 0.222. The van der Waals surface area contributed by atoms with Crippen LogP contribution in [0.1, 0.15) is 35.2 Å². The van der Waals surface area contributed by atoms with E-state index in [1.165, 1.54) is 16.7 Å². The van der Waals surface area contributed by atoms with Crippen LogP contribution in [-0.4, -0.2) is 14.8 Å². The van der Waals surface area contributed by atoms with Gasteiger partial charge in [0.15, 0.2) is 0 Å². The first kappa shape index (κ1) is 14.3. The number of hydrogen-bond donors (Lipinski definition) is 1. The summed E-state index contributed by atoms with van der Waals surface area (Å²) in [6.45, 7) is 2.10. The van der Waals surface area contributed by atoms with Crippen LogP contribution < -0.4 is 5.32 Å². The van der Waals surface area contributed by atoms with E-state index in [-0.39, 0.29) is 12.1 Å². The largest absolute Gasteiger partial charge is 0.348 e. The van der Waals surface area contributed by atoms with E-state index in [4.69, 9.17) is 11.6 Å². The van der Waals surface area contributed by atoms with Crippen LogP contribution in [0.25, 0.3) is 0 Å². The van der Waals surface area contributed by atoms with Crippen molar-refractivity contribution in [1.29, 1.82) is 0 Å². The van der Waals surface area contributed by atoms with E-state index in [0.717, 1.165) is 17.4 Å². The molecule has 0 amide bonds. The summed E-state index contributed by atoms with van der Waals surface area (Å²) in [5.74, 6) is 0.807. The van der Waals surface area contributed by atoms with Gasteiger partial charge in [-0.1, -0.05) is 53.6 Å². The number of rotatable bonds is 2. The molecule has 2 heterocycles. The normalized spacial score (nSPS) is 19.9. The summed E-state index contributed by atoms with van der Waals surface area (Å²) in [7, 11) is 0. The average Bonchev–Trinajstić information content (AvgIpc) is 3.04. The van der Waals surface area contributed by atoms with E-state index >= 15 is 0 Å². The van der Waals surface area contributed by atoms with Crippen molar-refractivity contribution in [2.24, 2.45) is 0 Å². The van der Waals surface area contributed by atoms with Gasteiger partial charge >= 0.3 is 0 Å². The first-order valence-electron chi connectivity index (χ1n) is 7.69. The maximum Gasteiger partial charge on any atom is 0.222 e. The number of halogens is 1. The number of aryl methyl sites for hydroxylation is 1. The standard InChI is InChI=1S/C18H17ClN4/c1-12-2-4-14(5-3-12)17-10-16(13-6-8-15(19)9-7-13)22-18-20-11-21-23(17)18/h2-9,11,16-17H,10H2,1H3,(H,20,21,22)/t16-,17-/m0/s1. The molecule has 0 spiro atoms. The third kappa shape index (κ3) is 2.70. The molecule has 0 radical (unpaired) electrons. The van der Waals surface area contributed by atoms with Gasteiger partial charge in [0.1, 0.15) is 6.33 Å². The minimum absolute atomic E-state index is 0.176. The van der Waals surface area contributed by atoms with Crippen LogP contribution in [0, 0.1) is 6.92 Å². The van der Waals surface area contributed by atoms with Crippen LogP contribution >= 0.6 is 11.6 Å². The zero-order valence-electron chi connectivity index (χ0n) is 12.8. The number of benzene rings is 2. The molecule has 1 aliphatic heterocycles. The lowest BCUT2D eigenvalue weighted by atomic mass is 9.93. The van der Waals surface area contributed by atoms with Gasteiger partial charge in [-0.05, 0) is 36.6 Å². The van der Waals surface area contributed by atoms with Crippen LogP contribution in [-0.2, 0) is 0 Å². The second-order valence-electron chi connectivity index (χ2n) is 5.94. The van der Waals surface area contributed by atoms with Crippen molar-refractivity contribution in [3.05, 3.63) is 76.6 Å². The zero-order valence-corrected chi connectivity index (χ0v) is 13.5. The number of aromatic nitrogens is 3. The van der Waals surface area contributed by atoms with Gasteiger partial charge in [0.2, 0.25) is 5.95 Å². The van der Waals surface area contributed by atoms with Crippen LogP contribution in [0.5, 0.6) is 0 Å². The number of nitrogens with zero attached hydrogens (tertiary/aromatic N) is 3. The Bertz CT molecular complexity index is 808. The van der Waals surface area contributed by atoms with Gasteiger partial charge in [-0.2, -0.15) is 10.1 Å². The van der Waals surface area contributed by atoms with Gasteiger partial charge < -0.3 is 5.32 Å². The molecule has 0 saturated heterocycles. The maximum atomic E-state index is 6.01. The predicted octanol–water partition coefficient (Wildman–Crippen LogP) is 4.39. The first-order chi connectivity index (χ1) is 11.2. The molecule has 1 aliphatic rings. The highest BCUT2D eigenvalue weighted by Gasteiger charge is 2.29. The van der Waals surface area contributed by atoms with E-state index in [1.54, 1.807) is 6.33 Å². The third-order valence-electron chi connectivity index (χ3n) is 4.37. The summed E-state index contributed by atoms with van der Waals surface area (Å²) in [4.78, 5) is 4.36. The minimum atomic E-state index is 0.176. The summed E-state index contributed by atoms with van der Waals surface area (Å²) < 4.78 is 1.97. The Kier molecular flexibility index (Phi) is 3.54. The molecule has 0 saturated carbocycles. The molecule has 0 bridgehead atoms. The molecule has 5 heteroatoms. The summed E-state index contributed by atoms with van der Waals surface area (Å²) in [5.41, 5.74) is 3.72. The summed E-state index contributed by atoms with van der Waals surface area (Å²) in [6, 6.07) is 17.0. The monoisotopic (exact) mass is 324 g/mol. The lowest BCUT2D eigenvalue weighted by molar-refractivity contribution is 0.431. The highest BCUT2D eigenvalue weighted by molar-refractivity contribution is 6.30. The van der Waals surface area contributed by atoms with E-state index in [1.807, 2.05) is 16.8 Å². The van der Waals surface area contributed by atoms with Crippen LogP contribution in [0.2, 0.25) is 5.02 Å². The molecule has 2 aromatic carbocycles. The summed E-state index contributed by atoms with van der Waals surface area (Å²) in [6.07, 6.45) is 2.52. The van der Waals surface area contributed by atoms with Gasteiger partial charge in [-0.25, -0.2) is 4.68 Å².